The number of nitrogens with one attached hydrogen (secondary N) is 1. The van der Waals surface area contributed by atoms with E-state index in [9.17, 15) is 14.7 Å². The lowest BCUT2D eigenvalue weighted by atomic mass is 9.65. The average Bonchev–Trinajstić information content (AvgIpc) is 2.71. The number of benzene rings is 1. The lowest BCUT2D eigenvalue weighted by Gasteiger charge is -2.37. The van der Waals surface area contributed by atoms with Gasteiger partial charge >= 0.3 is 5.97 Å². The predicted molar refractivity (Wildman–Crippen MR) is 82.0 cm³/mol. The number of hydrogen-bond acceptors (Lipinski definition) is 3. The molecular formula is C17H20N2O3. The summed E-state index contributed by atoms with van der Waals surface area (Å²) in [7, 11) is 0. The number of nitrogens with zero attached hydrogens (tertiary/aromatic N) is 1. The molecular weight excluding hydrogens is 280 g/mol. The maximum Gasteiger partial charge on any atom is 0.309 e. The minimum atomic E-state index is -0.903. The van der Waals surface area contributed by atoms with Crippen molar-refractivity contribution in [2.45, 2.75) is 33.6 Å². The van der Waals surface area contributed by atoms with Crippen LogP contribution in [0.5, 0.6) is 0 Å². The molecule has 5 nitrogen and oxygen atoms in total. The van der Waals surface area contributed by atoms with Crippen molar-refractivity contribution < 1.29 is 14.7 Å². The molecule has 0 aromatic heterocycles. The van der Waals surface area contributed by atoms with Crippen LogP contribution in [0, 0.1) is 28.1 Å². The molecule has 0 spiro atoms. The van der Waals surface area contributed by atoms with E-state index in [1.54, 1.807) is 31.2 Å². The summed E-state index contributed by atoms with van der Waals surface area (Å²) in [6.07, 6.45) is 1.04. The second-order valence-electron chi connectivity index (χ2n) is 6.63. The van der Waals surface area contributed by atoms with Crippen LogP contribution in [-0.4, -0.2) is 17.0 Å². The molecule has 0 radical (unpaired) electrons. The van der Waals surface area contributed by atoms with E-state index in [0.29, 0.717) is 24.1 Å². The minimum absolute atomic E-state index is 0.167. The van der Waals surface area contributed by atoms with Crippen molar-refractivity contribution >= 4 is 17.6 Å². The van der Waals surface area contributed by atoms with Gasteiger partial charge in [-0.25, -0.2) is 0 Å². The maximum atomic E-state index is 12.5. The Balaban J connectivity index is 2.16. The first-order chi connectivity index (χ1) is 10.2. The van der Waals surface area contributed by atoms with Crippen molar-refractivity contribution in [3.8, 4) is 6.07 Å². The Kier molecular flexibility index (Phi) is 3.97. The molecule has 5 heteroatoms. The predicted octanol–water partition coefficient (Wildman–Crippen LogP) is 3.02. The number of rotatable bonds is 3. The van der Waals surface area contributed by atoms with Crippen LogP contribution in [0.1, 0.15) is 39.2 Å². The molecule has 0 aliphatic heterocycles. The largest absolute Gasteiger partial charge is 0.481 e. The summed E-state index contributed by atoms with van der Waals surface area (Å²) < 4.78 is 0. The van der Waals surface area contributed by atoms with E-state index in [2.05, 4.69) is 5.32 Å². The Morgan fingerprint density at radius 2 is 1.86 bits per heavy atom. The zero-order valence-corrected chi connectivity index (χ0v) is 13.0. The third-order valence-electron chi connectivity index (χ3n) is 5.30. The van der Waals surface area contributed by atoms with Crippen LogP contribution in [0.3, 0.4) is 0 Å². The van der Waals surface area contributed by atoms with E-state index in [4.69, 9.17) is 5.26 Å². The zero-order chi connectivity index (χ0) is 16.5. The Hall–Kier alpha value is -2.35. The smallest absolute Gasteiger partial charge is 0.309 e. The Bertz CT molecular complexity index is 643. The highest BCUT2D eigenvalue weighted by molar-refractivity contribution is 5.94. The van der Waals surface area contributed by atoms with Gasteiger partial charge in [0.1, 0.15) is 0 Å². The maximum absolute atomic E-state index is 12.5. The zero-order valence-electron chi connectivity index (χ0n) is 13.0. The van der Waals surface area contributed by atoms with E-state index in [1.165, 1.54) is 0 Å². The SMILES string of the molecule is CC1(C(=O)O)CCC(C(=O)Nc2ccc(C#N)cc2)C1(C)C. The fraction of sp³-hybridized carbons (Fsp3) is 0.471. The van der Waals surface area contributed by atoms with Crippen molar-refractivity contribution in [2.75, 3.05) is 5.32 Å². The van der Waals surface area contributed by atoms with Crippen LogP contribution >= 0.6 is 0 Å². The third kappa shape index (κ3) is 2.45. The van der Waals surface area contributed by atoms with Gasteiger partial charge in [-0.05, 0) is 49.4 Å². The fourth-order valence-corrected chi connectivity index (χ4v) is 3.20. The lowest BCUT2D eigenvalue weighted by Crippen LogP contribution is -2.43. The van der Waals surface area contributed by atoms with E-state index in [-0.39, 0.29) is 11.8 Å². The number of aliphatic carboxylic acids is 1. The molecule has 1 aromatic carbocycles. The minimum Gasteiger partial charge on any atom is -0.481 e. The first kappa shape index (κ1) is 16.0. The number of carboxylic acids is 1. The number of amides is 1. The summed E-state index contributed by atoms with van der Waals surface area (Å²) >= 11 is 0. The van der Waals surface area contributed by atoms with Crippen molar-refractivity contribution in [1.29, 1.82) is 5.26 Å². The highest BCUT2D eigenvalue weighted by Crippen LogP contribution is 2.56. The molecule has 1 fully saturated rings. The molecule has 116 valence electrons. The summed E-state index contributed by atoms with van der Waals surface area (Å²) in [6.45, 7) is 5.40. The number of carboxylic acid groups (broad SMARTS) is 1. The first-order valence-corrected chi connectivity index (χ1v) is 7.27. The molecule has 1 aliphatic rings. The quantitative estimate of drug-likeness (QED) is 0.897. The molecule has 1 amide bonds. The molecule has 0 bridgehead atoms. The summed E-state index contributed by atoms with van der Waals surface area (Å²) in [5, 5.41) is 21.1. The van der Waals surface area contributed by atoms with Gasteiger partial charge in [0, 0.05) is 11.6 Å². The van der Waals surface area contributed by atoms with Gasteiger partial charge in [0.2, 0.25) is 5.91 Å². The highest BCUT2D eigenvalue weighted by atomic mass is 16.4. The van der Waals surface area contributed by atoms with Crippen molar-refractivity contribution in [2.24, 2.45) is 16.7 Å². The van der Waals surface area contributed by atoms with E-state index in [0.717, 1.165) is 0 Å². The molecule has 1 saturated carbocycles. The second kappa shape index (κ2) is 5.45. The monoisotopic (exact) mass is 300 g/mol. The van der Waals surface area contributed by atoms with Crippen LogP contribution in [0.4, 0.5) is 5.69 Å². The van der Waals surface area contributed by atoms with Crippen LogP contribution in [0.2, 0.25) is 0 Å². The van der Waals surface area contributed by atoms with Crippen LogP contribution < -0.4 is 5.32 Å². The van der Waals surface area contributed by atoms with Gasteiger partial charge < -0.3 is 10.4 Å². The van der Waals surface area contributed by atoms with Crippen molar-refractivity contribution in [3.05, 3.63) is 29.8 Å². The normalized spacial score (nSPS) is 26.2. The topological polar surface area (TPSA) is 90.2 Å². The van der Waals surface area contributed by atoms with Gasteiger partial charge in [-0.15, -0.1) is 0 Å². The molecule has 2 rings (SSSR count). The summed E-state index contributed by atoms with van der Waals surface area (Å²) in [5.41, 5.74) is -0.392. The Morgan fingerprint density at radius 1 is 1.27 bits per heavy atom. The lowest BCUT2D eigenvalue weighted by molar-refractivity contribution is -0.154. The number of anilines is 1. The second-order valence-corrected chi connectivity index (χ2v) is 6.63. The molecule has 2 atom stereocenters. The summed E-state index contributed by atoms with van der Waals surface area (Å²) in [5.74, 6) is -1.38. The van der Waals surface area contributed by atoms with Gasteiger partial charge in [0.05, 0.1) is 17.0 Å². The fourth-order valence-electron chi connectivity index (χ4n) is 3.20. The van der Waals surface area contributed by atoms with Gasteiger partial charge in [-0.2, -0.15) is 5.26 Å². The van der Waals surface area contributed by atoms with Crippen molar-refractivity contribution in [1.82, 2.24) is 0 Å². The Labute approximate surface area is 129 Å². The number of nitriles is 1. The number of hydrogen-bond donors (Lipinski definition) is 2. The molecule has 2 unspecified atom stereocenters. The van der Waals surface area contributed by atoms with Crippen LogP contribution in [-0.2, 0) is 9.59 Å². The molecule has 1 aliphatic carbocycles. The van der Waals surface area contributed by atoms with Crippen molar-refractivity contribution in [3.63, 3.8) is 0 Å². The average molecular weight is 300 g/mol. The standard InChI is InChI=1S/C17H20N2O3/c1-16(2)13(8-9-17(16,3)15(21)22)14(20)19-12-6-4-11(10-18)5-7-12/h4-7,13H,8-9H2,1-3H3,(H,19,20)(H,21,22). The van der Waals surface area contributed by atoms with Crippen LogP contribution in [0.15, 0.2) is 24.3 Å². The molecule has 0 saturated heterocycles. The third-order valence-corrected chi connectivity index (χ3v) is 5.30. The van der Waals surface area contributed by atoms with E-state index >= 15 is 0 Å². The Morgan fingerprint density at radius 3 is 2.32 bits per heavy atom. The summed E-state index contributed by atoms with van der Waals surface area (Å²) in [4.78, 5) is 24.1. The molecule has 1 aromatic rings. The van der Waals surface area contributed by atoms with Gasteiger partial charge in [0.15, 0.2) is 0 Å². The van der Waals surface area contributed by atoms with Gasteiger partial charge in [-0.3, -0.25) is 9.59 Å². The van der Waals surface area contributed by atoms with Gasteiger partial charge in [-0.1, -0.05) is 13.8 Å². The summed E-state index contributed by atoms with van der Waals surface area (Å²) in [6, 6.07) is 8.64. The highest BCUT2D eigenvalue weighted by Gasteiger charge is 2.58. The molecule has 0 heterocycles. The first-order valence-electron chi connectivity index (χ1n) is 7.27. The van der Waals surface area contributed by atoms with E-state index < -0.39 is 16.8 Å². The van der Waals surface area contributed by atoms with Gasteiger partial charge in [0.25, 0.3) is 0 Å². The van der Waals surface area contributed by atoms with Crippen LogP contribution in [0.25, 0.3) is 0 Å². The number of carbonyl (C=O) groups excluding carboxylic acids is 1. The number of carbonyl (C=O) groups is 2. The molecule has 22 heavy (non-hydrogen) atoms. The van der Waals surface area contributed by atoms with E-state index in [1.807, 2.05) is 19.9 Å². The molecule has 2 N–H and O–H groups in total.